The van der Waals surface area contributed by atoms with Gasteiger partial charge in [0.05, 0.1) is 14.2 Å². The zero-order chi connectivity index (χ0) is 18.5. The Morgan fingerprint density at radius 2 is 1.88 bits per heavy atom. The fourth-order valence-electron chi connectivity index (χ4n) is 2.77. The van der Waals surface area contributed by atoms with E-state index in [0.717, 1.165) is 39.1 Å². The number of ether oxygens (including phenoxy) is 2. The van der Waals surface area contributed by atoms with Crippen LogP contribution in [0.25, 0.3) is 10.6 Å². The molecule has 6 heteroatoms. The van der Waals surface area contributed by atoms with Crippen molar-refractivity contribution in [3.8, 4) is 22.1 Å². The molecule has 2 aromatic carbocycles. The first-order valence-electron chi connectivity index (χ1n) is 8.37. The van der Waals surface area contributed by atoms with E-state index in [1.165, 1.54) is 0 Å². The van der Waals surface area contributed by atoms with Gasteiger partial charge < -0.3 is 14.8 Å². The van der Waals surface area contributed by atoms with Gasteiger partial charge in [0.2, 0.25) is 0 Å². The van der Waals surface area contributed by atoms with Crippen molar-refractivity contribution in [2.45, 2.75) is 19.5 Å². The molecule has 0 aliphatic rings. The van der Waals surface area contributed by atoms with E-state index >= 15 is 0 Å². The summed E-state index contributed by atoms with van der Waals surface area (Å²) in [5.74, 6) is 1.43. The average molecular weight is 390 g/mol. The van der Waals surface area contributed by atoms with Gasteiger partial charge in [-0.15, -0.1) is 11.3 Å². The van der Waals surface area contributed by atoms with E-state index in [0.29, 0.717) is 5.75 Å². The Hall–Kier alpha value is -2.08. The molecule has 4 nitrogen and oxygen atoms in total. The molecule has 0 fully saturated rings. The smallest absolute Gasteiger partial charge is 0.161 e. The van der Waals surface area contributed by atoms with Crippen molar-refractivity contribution in [1.82, 2.24) is 4.98 Å². The summed E-state index contributed by atoms with van der Waals surface area (Å²) in [5, 5.41) is 6.12. The number of aromatic nitrogens is 1. The summed E-state index contributed by atoms with van der Waals surface area (Å²) in [6, 6.07) is 14.1. The third kappa shape index (κ3) is 4.18. The highest BCUT2D eigenvalue weighted by Gasteiger charge is 2.14. The molecule has 26 heavy (non-hydrogen) atoms. The fourth-order valence-corrected chi connectivity index (χ4v) is 3.91. The van der Waals surface area contributed by atoms with E-state index in [1.807, 2.05) is 36.4 Å². The molecule has 0 bridgehead atoms. The van der Waals surface area contributed by atoms with E-state index in [-0.39, 0.29) is 6.04 Å². The second-order valence-corrected chi connectivity index (χ2v) is 7.23. The summed E-state index contributed by atoms with van der Waals surface area (Å²) in [7, 11) is 3.27. The Morgan fingerprint density at radius 3 is 2.62 bits per heavy atom. The molecule has 0 aliphatic carbocycles. The molecule has 1 heterocycles. The van der Waals surface area contributed by atoms with Gasteiger partial charge in [0, 0.05) is 21.5 Å². The standard InChI is InChI=1S/C20H21ClN2O2S/c1-13(16-6-4-5-7-17(16)21)22-11-15-12-26-20(23-15)14-8-9-18(24-2)19(10-14)25-3/h4-10,12-13,22H,11H2,1-3H3/p+1/t13-/m0/s1. The summed E-state index contributed by atoms with van der Waals surface area (Å²) < 4.78 is 10.7. The summed E-state index contributed by atoms with van der Waals surface area (Å²) >= 11 is 7.91. The molecule has 0 radical (unpaired) electrons. The van der Waals surface area contributed by atoms with Crippen LogP contribution in [-0.2, 0) is 6.54 Å². The maximum Gasteiger partial charge on any atom is 0.161 e. The minimum Gasteiger partial charge on any atom is -0.493 e. The minimum atomic E-state index is 0.273. The summed E-state index contributed by atoms with van der Waals surface area (Å²) in [5.41, 5.74) is 3.22. The van der Waals surface area contributed by atoms with Crippen LogP contribution in [0.4, 0.5) is 0 Å². The predicted molar refractivity (Wildman–Crippen MR) is 106 cm³/mol. The van der Waals surface area contributed by atoms with Gasteiger partial charge in [0.1, 0.15) is 23.3 Å². The van der Waals surface area contributed by atoms with Crippen LogP contribution in [0.3, 0.4) is 0 Å². The number of benzene rings is 2. The maximum atomic E-state index is 6.28. The molecule has 0 saturated heterocycles. The van der Waals surface area contributed by atoms with E-state index in [2.05, 4.69) is 23.7 Å². The lowest BCUT2D eigenvalue weighted by Crippen LogP contribution is -2.83. The van der Waals surface area contributed by atoms with Crippen LogP contribution in [0.5, 0.6) is 11.5 Å². The first-order valence-corrected chi connectivity index (χ1v) is 9.62. The van der Waals surface area contributed by atoms with Crippen LogP contribution in [0.1, 0.15) is 24.2 Å². The molecule has 2 N–H and O–H groups in total. The van der Waals surface area contributed by atoms with Crippen LogP contribution in [-0.4, -0.2) is 19.2 Å². The lowest BCUT2D eigenvalue weighted by atomic mass is 10.1. The molecule has 0 saturated carbocycles. The van der Waals surface area contributed by atoms with Crippen LogP contribution in [0.2, 0.25) is 5.02 Å². The Morgan fingerprint density at radius 1 is 1.12 bits per heavy atom. The highest BCUT2D eigenvalue weighted by molar-refractivity contribution is 7.13. The number of nitrogens with zero attached hydrogens (tertiary/aromatic N) is 1. The molecule has 136 valence electrons. The molecule has 3 aromatic rings. The number of rotatable bonds is 7. The number of hydrogen-bond donors (Lipinski definition) is 1. The van der Waals surface area contributed by atoms with Crippen molar-refractivity contribution in [2.24, 2.45) is 0 Å². The summed E-state index contributed by atoms with van der Waals surface area (Å²) in [6.45, 7) is 2.96. The van der Waals surface area contributed by atoms with E-state index in [9.17, 15) is 0 Å². The number of methoxy groups -OCH3 is 2. The fraction of sp³-hybridized carbons (Fsp3) is 0.250. The summed E-state index contributed by atoms with van der Waals surface area (Å²) in [6.07, 6.45) is 0. The SMILES string of the molecule is COc1ccc(-c2nc(C[NH2+][C@@H](C)c3ccccc3Cl)cs2)cc1OC. The molecule has 0 spiro atoms. The highest BCUT2D eigenvalue weighted by atomic mass is 35.5. The zero-order valence-corrected chi connectivity index (χ0v) is 16.6. The van der Waals surface area contributed by atoms with Gasteiger partial charge in [0.25, 0.3) is 0 Å². The largest absolute Gasteiger partial charge is 0.493 e. The van der Waals surface area contributed by atoms with Crippen molar-refractivity contribution >= 4 is 22.9 Å². The Balaban J connectivity index is 1.69. The number of nitrogens with two attached hydrogens (primary N) is 1. The van der Waals surface area contributed by atoms with Crippen molar-refractivity contribution in [2.75, 3.05) is 14.2 Å². The second-order valence-electron chi connectivity index (χ2n) is 5.96. The Labute approximate surface area is 162 Å². The highest BCUT2D eigenvalue weighted by Crippen LogP contribution is 2.33. The van der Waals surface area contributed by atoms with Crippen LogP contribution in [0.15, 0.2) is 47.8 Å². The maximum absolute atomic E-state index is 6.28. The van der Waals surface area contributed by atoms with Gasteiger partial charge >= 0.3 is 0 Å². The Bertz CT molecular complexity index is 882. The quantitative estimate of drug-likeness (QED) is 0.655. The molecular weight excluding hydrogens is 368 g/mol. The van der Waals surface area contributed by atoms with Crippen molar-refractivity contribution in [3.63, 3.8) is 0 Å². The van der Waals surface area contributed by atoms with Crippen LogP contribution >= 0.6 is 22.9 Å². The molecule has 1 aromatic heterocycles. The Kier molecular flexibility index (Phi) is 6.14. The normalized spacial score (nSPS) is 12.0. The third-order valence-electron chi connectivity index (χ3n) is 4.26. The number of halogens is 1. The van der Waals surface area contributed by atoms with Gasteiger partial charge in [-0.25, -0.2) is 4.98 Å². The predicted octanol–water partition coefficient (Wildman–Crippen LogP) is 4.31. The topological polar surface area (TPSA) is 48.0 Å². The van der Waals surface area contributed by atoms with E-state index < -0.39 is 0 Å². The lowest BCUT2D eigenvalue weighted by molar-refractivity contribution is -0.708. The molecule has 1 atom stereocenters. The van der Waals surface area contributed by atoms with Crippen LogP contribution < -0.4 is 14.8 Å². The molecule has 0 amide bonds. The first-order chi connectivity index (χ1) is 12.6. The van der Waals surface area contributed by atoms with Gasteiger partial charge in [-0.1, -0.05) is 29.8 Å². The number of thiazole rings is 1. The molecule has 3 rings (SSSR count). The van der Waals surface area contributed by atoms with Gasteiger partial charge in [-0.3, -0.25) is 0 Å². The monoisotopic (exact) mass is 389 g/mol. The third-order valence-corrected chi connectivity index (χ3v) is 5.54. The second kappa shape index (κ2) is 8.54. The molecule has 0 aliphatic heterocycles. The van der Waals surface area contributed by atoms with Crippen molar-refractivity contribution in [1.29, 1.82) is 0 Å². The van der Waals surface area contributed by atoms with Gasteiger partial charge in [-0.05, 0) is 31.2 Å². The number of hydrogen-bond acceptors (Lipinski definition) is 4. The summed E-state index contributed by atoms with van der Waals surface area (Å²) in [4.78, 5) is 4.76. The van der Waals surface area contributed by atoms with Gasteiger partial charge in [0.15, 0.2) is 11.5 Å². The van der Waals surface area contributed by atoms with Gasteiger partial charge in [-0.2, -0.15) is 0 Å². The zero-order valence-electron chi connectivity index (χ0n) is 15.0. The van der Waals surface area contributed by atoms with E-state index in [4.69, 9.17) is 26.1 Å². The average Bonchev–Trinajstić information content (AvgIpc) is 3.15. The first kappa shape index (κ1) is 18.7. The minimum absolute atomic E-state index is 0.273. The number of quaternary nitrogens is 1. The van der Waals surface area contributed by atoms with Crippen molar-refractivity contribution in [3.05, 3.63) is 64.1 Å². The van der Waals surface area contributed by atoms with Crippen LogP contribution in [0, 0.1) is 0 Å². The molecular formula is C20H22ClN2O2S+. The lowest BCUT2D eigenvalue weighted by Gasteiger charge is -2.11. The molecule has 0 unspecified atom stereocenters. The van der Waals surface area contributed by atoms with E-state index in [1.54, 1.807) is 25.6 Å². The van der Waals surface area contributed by atoms with Crippen molar-refractivity contribution < 1.29 is 14.8 Å².